The van der Waals surface area contributed by atoms with Gasteiger partial charge >= 0.3 is 6.18 Å². The van der Waals surface area contributed by atoms with E-state index in [4.69, 9.17) is 9.47 Å². The Bertz CT molecular complexity index is 761. The van der Waals surface area contributed by atoms with Gasteiger partial charge in [-0.15, -0.1) is 0 Å². The molecule has 1 heterocycles. The summed E-state index contributed by atoms with van der Waals surface area (Å²) in [5.41, 5.74) is 0.475. The number of nitrogens with one attached hydrogen (secondary N) is 1. The Morgan fingerprint density at radius 3 is 2.38 bits per heavy atom. The Kier molecular flexibility index (Phi) is 6.24. The molecule has 0 aromatic heterocycles. The Labute approximate surface area is 167 Å². The van der Waals surface area contributed by atoms with Crippen LogP contribution in [0.25, 0.3) is 0 Å². The largest absolute Gasteiger partial charge is 0.493 e. The van der Waals surface area contributed by atoms with E-state index in [0.29, 0.717) is 42.9 Å². The number of ether oxygens (including phenoxy) is 2. The summed E-state index contributed by atoms with van der Waals surface area (Å²) in [5, 5.41) is 2.77. The number of alkyl halides is 3. The minimum absolute atomic E-state index is 0.0367. The Morgan fingerprint density at radius 1 is 1.14 bits per heavy atom. The van der Waals surface area contributed by atoms with Crippen molar-refractivity contribution in [2.45, 2.75) is 56.8 Å². The molecule has 1 aliphatic heterocycles. The first kappa shape index (κ1) is 21.3. The van der Waals surface area contributed by atoms with Gasteiger partial charge in [-0.05, 0) is 44.2 Å². The Balaban J connectivity index is 1.65. The number of rotatable bonds is 5. The van der Waals surface area contributed by atoms with Gasteiger partial charge in [-0.25, -0.2) is 0 Å². The SMILES string of the molecule is COc1ccc(NC(=O)[C@@H]2CCC(=O)N2C)cc1OC1CCC(C(F)(F)F)CC1. The number of halogens is 3. The molecule has 2 amide bonds. The van der Waals surface area contributed by atoms with Crippen molar-refractivity contribution in [3.05, 3.63) is 18.2 Å². The van der Waals surface area contributed by atoms with Crippen molar-refractivity contribution < 1.29 is 32.2 Å². The van der Waals surface area contributed by atoms with Crippen molar-refractivity contribution in [1.29, 1.82) is 0 Å². The summed E-state index contributed by atoms with van der Waals surface area (Å²) >= 11 is 0. The number of anilines is 1. The highest BCUT2D eigenvalue weighted by molar-refractivity contribution is 5.99. The fraction of sp³-hybridized carbons (Fsp3) is 0.600. The lowest BCUT2D eigenvalue weighted by atomic mass is 9.87. The quantitative estimate of drug-likeness (QED) is 0.797. The van der Waals surface area contributed by atoms with Crippen LogP contribution in [0, 0.1) is 5.92 Å². The van der Waals surface area contributed by atoms with Gasteiger partial charge in [-0.1, -0.05) is 0 Å². The molecule has 0 bridgehead atoms. The van der Waals surface area contributed by atoms with Crippen LogP contribution >= 0.6 is 0 Å². The molecule has 6 nitrogen and oxygen atoms in total. The summed E-state index contributed by atoms with van der Waals surface area (Å²) in [6.07, 6.45) is -3.02. The van der Waals surface area contributed by atoms with E-state index in [2.05, 4.69) is 5.32 Å². The fourth-order valence-electron chi connectivity index (χ4n) is 3.87. The first-order chi connectivity index (χ1) is 13.7. The zero-order valence-corrected chi connectivity index (χ0v) is 16.4. The zero-order valence-electron chi connectivity index (χ0n) is 16.4. The van der Waals surface area contributed by atoms with Gasteiger partial charge < -0.3 is 19.7 Å². The second-order valence-corrected chi connectivity index (χ2v) is 7.55. The maximum Gasteiger partial charge on any atom is 0.391 e. The molecular weight excluding hydrogens is 389 g/mol. The van der Waals surface area contributed by atoms with Crippen LogP contribution in [-0.4, -0.2) is 49.2 Å². The van der Waals surface area contributed by atoms with Gasteiger partial charge in [0.15, 0.2) is 11.5 Å². The maximum absolute atomic E-state index is 12.8. The molecule has 1 atom stereocenters. The summed E-state index contributed by atoms with van der Waals surface area (Å²) in [6, 6.07) is 4.37. The van der Waals surface area contributed by atoms with Gasteiger partial charge in [0, 0.05) is 25.2 Å². The zero-order chi connectivity index (χ0) is 21.2. The average Bonchev–Trinajstić information content (AvgIpc) is 3.01. The molecular formula is C20H25F3N2O4. The second kappa shape index (κ2) is 8.51. The van der Waals surface area contributed by atoms with Crippen molar-refractivity contribution in [2.24, 2.45) is 5.92 Å². The Hall–Kier alpha value is -2.45. The van der Waals surface area contributed by atoms with E-state index in [1.165, 1.54) is 12.0 Å². The fourth-order valence-corrected chi connectivity index (χ4v) is 3.87. The third kappa shape index (κ3) is 4.94. The number of nitrogens with zero attached hydrogens (tertiary/aromatic N) is 1. The molecule has 2 aliphatic rings. The lowest BCUT2D eigenvalue weighted by molar-refractivity contribution is -0.185. The van der Waals surface area contributed by atoms with Crippen molar-refractivity contribution >= 4 is 17.5 Å². The van der Waals surface area contributed by atoms with E-state index >= 15 is 0 Å². The summed E-state index contributed by atoms with van der Waals surface area (Å²) < 4.78 is 49.7. The van der Waals surface area contributed by atoms with Crippen LogP contribution in [0.3, 0.4) is 0 Å². The number of benzene rings is 1. The molecule has 1 aromatic carbocycles. The molecule has 2 fully saturated rings. The van der Waals surface area contributed by atoms with E-state index in [1.807, 2.05) is 0 Å². The third-order valence-electron chi connectivity index (χ3n) is 5.66. The van der Waals surface area contributed by atoms with Crippen LogP contribution in [0.15, 0.2) is 18.2 Å². The molecule has 1 saturated carbocycles. The van der Waals surface area contributed by atoms with E-state index < -0.39 is 18.1 Å². The smallest absolute Gasteiger partial charge is 0.391 e. The molecule has 3 rings (SSSR count). The van der Waals surface area contributed by atoms with Gasteiger partial charge in [-0.2, -0.15) is 13.2 Å². The number of carbonyl (C=O) groups is 2. The highest BCUT2D eigenvalue weighted by Crippen LogP contribution is 2.40. The van der Waals surface area contributed by atoms with E-state index in [-0.39, 0.29) is 30.8 Å². The van der Waals surface area contributed by atoms with Crippen molar-refractivity contribution in [2.75, 3.05) is 19.5 Å². The van der Waals surface area contributed by atoms with Crippen LogP contribution in [0.5, 0.6) is 11.5 Å². The molecule has 9 heteroatoms. The first-order valence-electron chi connectivity index (χ1n) is 9.67. The number of likely N-dealkylation sites (N-methyl/N-ethyl adjacent to an activating group) is 1. The van der Waals surface area contributed by atoms with E-state index in [1.54, 1.807) is 25.2 Å². The predicted molar refractivity (Wildman–Crippen MR) is 99.8 cm³/mol. The first-order valence-corrected chi connectivity index (χ1v) is 9.67. The Morgan fingerprint density at radius 2 is 1.83 bits per heavy atom. The molecule has 1 aliphatic carbocycles. The normalized spacial score (nSPS) is 25.1. The van der Waals surface area contributed by atoms with E-state index in [9.17, 15) is 22.8 Å². The summed E-state index contributed by atoms with van der Waals surface area (Å²) in [7, 11) is 3.07. The van der Waals surface area contributed by atoms with Gasteiger partial charge in [0.2, 0.25) is 11.8 Å². The maximum atomic E-state index is 12.8. The summed E-state index contributed by atoms with van der Waals surface area (Å²) in [6.45, 7) is 0. The van der Waals surface area contributed by atoms with E-state index in [0.717, 1.165) is 0 Å². The molecule has 29 heavy (non-hydrogen) atoms. The van der Waals surface area contributed by atoms with Gasteiger partial charge in [0.25, 0.3) is 0 Å². The van der Waals surface area contributed by atoms with Crippen LogP contribution in [0.2, 0.25) is 0 Å². The van der Waals surface area contributed by atoms with Gasteiger partial charge in [0.1, 0.15) is 6.04 Å². The number of likely N-dealkylation sites (tertiary alicyclic amines) is 1. The highest BCUT2D eigenvalue weighted by atomic mass is 19.4. The molecule has 1 N–H and O–H groups in total. The summed E-state index contributed by atoms with van der Waals surface area (Å²) in [4.78, 5) is 25.5. The second-order valence-electron chi connectivity index (χ2n) is 7.55. The predicted octanol–water partition coefficient (Wildman–Crippen LogP) is 3.75. The number of methoxy groups -OCH3 is 1. The monoisotopic (exact) mass is 414 g/mol. The van der Waals surface area contributed by atoms with Crippen LogP contribution in [-0.2, 0) is 9.59 Å². The minimum atomic E-state index is -4.17. The minimum Gasteiger partial charge on any atom is -0.493 e. The van der Waals surface area contributed by atoms with Gasteiger partial charge in [0.05, 0.1) is 19.1 Å². The van der Waals surface area contributed by atoms with Crippen molar-refractivity contribution in [3.63, 3.8) is 0 Å². The van der Waals surface area contributed by atoms with Crippen LogP contribution < -0.4 is 14.8 Å². The lowest BCUT2D eigenvalue weighted by Gasteiger charge is -2.30. The third-order valence-corrected chi connectivity index (χ3v) is 5.66. The molecule has 1 saturated heterocycles. The molecule has 160 valence electrons. The highest BCUT2D eigenvalue weighted by Gasteiger charge is 2.42. The molecule has 0 unspecified atom stereocenters. The van der Waals surface area contributed by atoms with Crippen LogP contribution in [0.1, 0.15) is 38.5 Å². The molecule has 0 spiro atoms. The average molecular weight is 414 g/mol. The standard InChI is InChI=1S/C20H25F3N2O4/c1-25-15(8-10-18(25)26)19(27)24-13-5-9-16(28-2)17(11-13)29-14-6-3-12(4-7-14)20(21,22)23/h5,9,11-12,14-15H,3-4,6-8,10H2,1-2H3,(H,24,27)/t12?,14?,15-/m0/s1. The number of carbonyl (C=O) groups excluding carboxylic acids is 2. The number of hydrogen-bond acceptors (Lipinski definition) is 4. The molecule has 0 radical (unpaired) electrons. The van der Waals surface area contributed by atoms with Crippen LogP contribution in [0.4, 0.5) is 18.9 Å². The number of amides is 2. The number of hydrogen-bond donors (Lipinski definition) is 1. The molecule has 1 aromatic rings. The van der Waals surface area contributed by atoms with Crippen molar-refractivity contribution in [1.82, 2.24) is 4.90 Å². The topological polar surface area (TPSA) is 67.9 Å². The lowest BCUT2D eigenvalue weighted by Crippen LogP contribution is -2.38. The van der Waals surface area contributed by atoms with Crippen molar-refractivity contribution in [3.8, 4) is 11.5 Å². The van der Waals surface area contributed by atoms with Gasteiger partial charge in [-0.3, -0.25) is 9.59 Å². The summed E-state index contributed by atoms with van der Waals surface area (Å²) in [5.74, 6) is -0.829.